The number of para-hydroxylation sites is 1. The normalized spacial score (nSPS) is 10.6. The van der Waals surface area contributed by atoms with Crippen molar-refractivity contribution in [2.75, 3.05) is 0 Å². The molecule has 0 atom stereocenters. The van der Waals surface area contributed by atoms with Crippen molar-refractivity contribution in [2.45, 2.75) is 26.7 Å². The molecule has 2 aromatic carbocycles. The maximum atomic E-state index is 9.99. The lowest BCUT2D eigenvalue weighted by Gasteiger charge is -2.14. The Morgan fingerprint density at radius 2 is 1.47 bits per heavy atom. The van der Waals surface area contributed by atoms with Gasteiger partial charge in [0.05, 0.1) is 0 Å². The molecule has 0 aliphatic rings. The molecule has 0 aliphatic heterocycles. The van der Waals surface area contributed by atoms with Crippen molar-refractivity contribution in [2.24, 2.45) is 0 Å². The third kappa shape index (κ3) is 2.36. The molecule has 19 heavy (non-hydrogen) atoms. The zero-order chi connectivity index (χ0) is 14.0. The van der Waals surface area contributed by atoms with E-state index in [1.165, 1.54) is 6.07 Å². The third-order valence-corrected chi connectivity index (χ3v) is 3.37. The quantitative estimate of drug-likeness (QED) is 0.737. The molecule has 0 bridgehead atoms. The Hall–Kier alpha value is -2.16. The van der Waals surface area contributed by atoms with E-state index in [0.717, 1.165) is 23.1 Å². The van der Waals surface area contributed by atoms with Crippen LogP contribution in [0.25, 0.3) is 11.1 Å². The van der Waals surface area contributed by atoms with Crippen LogP contribution in [0, 0.1) is 0 Å². The molecular formula is C16H18O3. The van der Waals surface area contributed by atoms with Gasteiger partial charge < -0.3 is 15.3 Å². The summed E-state index contributed by atoms with van der Waals surface area (Å²) < 4.78 is 0. The molecule has 0 spiro atoms. The Morgan fingerprint density at radius 1 is 0.789 bits per heavy atom. The molecule has 3 N–H and O–H groups in total. The zero-order valence-electron chi connectivity index (χ0n) is 11.1. The van der Waals surface area contributed by atoms with Crippen LogP contribution in [0.1, 0.15) is 25.0 Å². The maximum Gasteiger partial charge on any atom is 0.165 e. The minimum absolute atomic E-state index is 0.120. The van der Waals surface area contributed by atoms with Gasteiger partial charge in [-0.15, -0.1) is 0 Å². The predicted octanol–water partition coefficient (Wildman–Crippen LogP) is 3.60. The van der Waals surface area contributed by atoms with Gasteiger partial charge in [-0.25, -0.2) is 0 Å². The summed E-state index contributed by atoms with van der Waals surface area (Å²) in [6, 6.07) is 8.52. The number of aryl methyl sites for hydroxylation is 2. The second-order valence-electron chi connectivity index (χ2n) is 4.52. The van der Waals surface area contributed by atoms with Crippen LogP contribution in [0.4, 0.5) is 0 Å². The van der Waals surface area contributed by atoms with Crippen molar-refractivity contribution in [3.8, 4) is 28.4 Å². The minimum atomic E-state index is -0.134. The van der Waals surface area contributed by atoms with Gasteiger partial charge >= 0.3 is 0 Å². The van der Waals surface area contributed by atoms with Crippen LogP contribution in [-0.4, -0.2) is 15.3 Å². The summed E-state index contributed by atoms with van der Waals surface area (Å²) in [4.78, 5) is 0. The predicted molar refractivity (Wildman–Crippen MR) is 75.6 cm³/mol. The van der Waals surface area contributed by atoms with Crippen LogP contribution in [0.2, 0.25) is 0 Å². The highest BCUT2D eigenvalue weighted by Crippen LogP contribution is 2.39. The summed E-state index contributed by atoms with van der Waals surface area (Å²) >= 11 is 0. The van der Waals surface area contributed by atoms with E-state index in [0.29, 0.717) is 12.0 Å². The monoisotopic (exact) mass is 258 g/mol. The van der Waals surface area contributed by atoms with Gasteiger partial charge in [-0.05, 0) is 47.7 Å². The summed E-state index contributed by atoms with van der Waals surface area (Å²) in [6.07, 6.45) is 1.45. The Morgan fingerprint density at radius 3 is 2.11 bits per heavy atom. The number of hydrogen-bond donors (Lipinski definition) is 3. The first-order valence-electron chi connectivity index (χ1n) is 6.44. The zero-order valence-corrected chi connectivity index (χ0v) is 11.1. The molecule has 0 saturated carbocycles. The standard InChI is InChI=1S/C16H18O3/c1-3-10-9-15(18)11(4-2)8-13(10)12-6-5-7-14(17)16(12)19/h5-9,17-19H,3-4H2,1-2H3. The highest BCUT2D eigenvalue weighted by atomic mass is 16.3. The van der Waals surface area contributed by atoms with Crippen LogP contribution in [0.15, 0.2) is 30.3 Å². The second kappa shape index (κ2) is 5.22. The van der Waals surface area contributed by atoms with E-state index in [-0.39, 0.29) is 17.2 Å². The first-order chi connectivity index (χ1) is 9.08. The topological polar surface area (TPSA) is 60.7 Å². The van der Waals surface area contributed by atoms with Crippen LogP contribution in [0.5, 0.6) is 17.2 Å². The fraction of sp³-hybridized carbons (Fsp3) is 0.250. The highest BCUT2D eigenvalue weighted by Gasteiger charge is 2.14. The summed E-state index contributed by atoms with van der Waals surface area (Å²) in [5.74, 6) is 0.0263. The molecule has 0 aliphatic carbocycles. The number of phenols is 3. The van der Waals surface area contributed by atoms with Crippen LogP contribution < -0.4 is 0 Å². The van der Waals surface area contributed by atoms with Crippen molar-refractivity contribution < 1.29 is 15.3 Å². The molecule has 0 unspecified atom stereocenters. The Labute approximate surface area is 112 Å². The lowest BCUT2D eigenvalue weighted by Crippen LogP contribution is -1.92. The van der Waals surface area contributed by atoms with Gasteiger partial charge in [0.15, 0.2) is 11.5 Å². The molecule has 3 heteroatoms. The average Bonchev–Trinajstić information content (AvgIpc) is 2.42. The number of aromatic hydroxyl groups is 3. The van der Waals surface area contributed by atoms with E-state index in [1.54, 1.807) is 18.2 Å². The summed E-state index contributed by atoms with van der Waals surface area (Å²) in [5, 5.41) is 29.5. The summed E-state index contributed by atoms with van der Waals surface area (Å²) in [7, 11) is 0. The van der Waals surface area contributed by atoms with Crippen LogP contribution in [0.3, 0.4) is 0 Å². The highest BCUT2D eigenvalue weighted by molar-refractivity contribution is 5.77. The van der Waals surface area contributed by atoms with Crippen LogP contribution >= 0.6 is 0 Å². The first kappa shape index (κ1) is 13.3. The Balaban J connectivity index is 2.70. The van der Waals surface area contributed by atoms with Gasteiger partial charge in [-0.2, -0.15) is 0 Å². The number of phenolic OH excluding ortho intramolecular Hbond substituents is 3. The van der Waals surface area contributed by atoms with Crippen molar-refractivity contribution in [3.05, 3.63) is 41.5 Å². The van der Waals surface area contributed by atoms with E-state index in [4.69, 9.17) is 0 Å². The molecule has 0 aromatic heterocycles. The molecule has 2 aromatic rings. The Bertz CT molecular complexity index is 603. The van der Waals surface area contributed by atoms with Crippen molar-refractivity contribution in [1.29, 1.82) is 0 Å². The summed E-state index contributed by atoms with van der Waals surface area (Å²) in [6.45, 7) is 3.95. The molecule has 0 heterocycles. The minimum Gasteiger partial charge on any atom is -0.508 e. The largest absolute Gasteiger partial charge is 0.508 e. The van der Waals surface area contributed by atoms with Crippen molar-refractivity contribution >= 4 is 0 Å². The van der Waals surface area contributed by atoms with E-state index in [1.807, 2.05) is 19.9 Å². The number of benzene rings is 2. The lowest BCUT2D eigenvalue weighted by molar-refractivity contribution is 0.405. The van der Waals surface area contributed by atoms with Gasteiger partial charge in [0.25, 0.3) is 0 Å². The lowest BCUT2D eigenvalue weighted by atomic mass is 9.93. The Kier molecular flexibility index (Phi) is 3.65. The van der Waals surface area contributed by atoms with E-state index in [2.05, 4.69) is 0 Å². The number of rotatable bonds is 3. The van der Waals surface area contributed by atoms with Crippen molar-refractivity contribution in [1.82, 2.24) is 0 Å². The van der Waals surface area contributed by atoms with Gasteiger partial charge in [-0.3, -0.25) is 0 Å². The SMILES string of the molecule is CCc1cc(-c2cccc(O)c2O)c(CC)cc1O. The molecule has 0 saturated heterocycles. The van der Waals surface area contributed by atoms with E-state index >= 15 is 0 Å². The fourth-order valence-corrected chi connectivity index (χ4v) is 2.25. The van der Waals surface area contributed by atoms with E-state index in [9.17, 15) is 15.3 Å². The van der Waals surface area contributed by atoms with Crippen LogP contribution in [-0.2, 0) is 12.8 Å². The summed E-state index contributed by atoms with van der Waals surface area (Å²) in [5.41, 5.74) is 3.21. The average molecular weight is 258 g/mol. The third-order valence-electron chi connectivity index (χ3n) is 3.37. The fourth-order valence-electron chi connectivity index (χ4n) is 2.25. The molecule has 2 rings (SSSR count). The molecule has 100 valence electrons. The van der Waals surface area contributed by atoms with Crippen molar-refractivity contribution in [3.63, 3.8) is 0 Å². The smallest absolute Gasteiger partial charge is 0.165 e. The molecule has 0 fully saturated rings. The molecule has 3 nitrogen and oxygen atoms in total. The van der Waals surface area contributed by atoms with Gasteiger partial charge in [0.2, 0.25) is 0 Å². The molecule has 0 radical (unpaired) electrons. The van der Waals surface area contributed by atoms with Gasteiger partial charge in [-0.1, -0.05) is 26.0 Å². The molecular weight excluding hydrogens is 240 g/mol. The van der Waals surface area contributed by atoms with Gasteiger partial charge in [0, 0.05) is 5.56 Å². The maximum absolute atomic E-state index is 9.99. The second-order valence-corrected chi connectivity index (χ2v) is 4.52. The molecule has 0 amide bonds. The first-order valence-corrected chi connectivity index (χ1v) is 6.44. The van der Waals surface area contributed by atoms with E-state index < -0.39 is 0 Å². The number of hydrogen-bond acceptors (Lipinski definition) is 3. The van der Waals surface area contributed by atoms with Gasteiger partial charge in [0.1, 0.15) is 5.75 Å².